The van der Waals surface area contributed by atoms with Crippen LogP contribution in [-0.2, 0) is 0 Å². The van der Waals surface area contributed by atoms with Gasteiger partial charge >= 0.3 is 0 Å². The van der Waals surface area contributed by atoms with Crippen molar-refractivity contribution in [3.05, 3.63) is 18.2 Å². The molecule has 2 fully saturated rings. The van der Waals surface area contributed by atoms with Gasteiger partial charge in [0.05, 0.1) is 14.2 Å². The Balaban J connectivity index is 0.00000320. The molecular formula is C22H38IN5O2. The first kappa shape index (κ1) is 25.0. The van der Waals surface area contributed by atoms with Crippen LogP contribution in [0.15, 0.2) is 23.2 Å². The van der Waals surface area contributed by atoms with E-state index in [9.17, 15) is 0 Å². The molecule has 0 saturated carbocycles. The molecule has 0 amide bonds. The molecule has 0 unspecified atom stereocenters. The van der Waals surface area contributed by atoms with E-state index in [1.165, 1.54) is 45.2 Å². The Kier molecular flexibility index (Phi) is 9.96. The molecule has 2 saturated heterocycles. The number of hydrogen-bond acceptors (Lipinski definition) is 5. The van der Waals surface area contributed by atoms with Crippen molar-refractivity contribution in [2.24, 2.45) is 4.99 Å². The van der Waals surface area contributed by atoms with Gasteiger partial charge in [0.25, 0.3) is 0 Å². The molecule has 0 aliphatic carbocycles. The quantitative estimate of drug-likeness (QED) is 0.334. The van der Waals surface area contributed by atoms with Gasteiger partial charge in [0.2, 0.25) is 0 Å². The largest absolute Gasteiger partial charge is 0.493 e. The average Bonchev–Trinajstić information content (AvgIpc) is 2.78. The van der Waals surface area contributed by atoms with Gasteiger partial charge in [-0.3, -0.25) is 9.89 Å². The van der Waals surface area contributed by atoms with E-state index in [2.05, 4.69) is 32.5 Å². The number of nitrogens with one attached hydrogen (secondary N) is 2. The van der Waals surface area contributed by atoms with Gasteiger partial charge in [-0.25, -0.2) is 0 Å². The Bertz CT molecular complexity index is 686. The fourth-order valence-corrected chi connectivity index (χ4v) is 4.49. The van der Waals surface area contributed by atoms with Crippen molar-refractivity contribution < 1.29 is 9.47 Å². The molecule has 1 aromatic rings. The van der Waals surface area contributed by atoms with Gasteiger partial charge in [-0.05, 0) is 71.0 Å². The number of methoxy groups -OCH3 is 2. The number of piperidine rings is 2. The number of halogens is 1. The second kappa shape index (κ2) is 12.0. The van der Waals surface area contributed by atoms with Gasteiger partial charge in [0, 0.05) is 30.9 Å². The number of ether oxygens (including phenoxy) is 2. The summed E-state index contributed by atoms with van der Waals surface area (Å²) in [6.45, 7) is 5.65. The predicted octanol–water partition coefficient (Wildman–Crippen LogP) is 3.26. The molecule has 3 rings (SSSR count). The number of benzene rings is 1. The molecule has 0 aromatic heterocycles. The zero-order valence-electron chi connectivity index (χ0n) is 18.9. The van der Waals surface area contributed by atoms with Gasteiger partial charge in [-0.2, -0.15) is 0 Å². The highest BCUT2D eigenvalue weighted by Crippen LogP contribution is 2.31. The molecule has 2 heterocycles. The Labute approximate surface area is 198 Å². The molecule has 8 heteroatoms. The minimum atomic E-state index is 0. The predicted molar refractivity (Wildman–Crippen MR) is 135 cm³/mol. The molecule has 2 aliphatic rings. The molecule has 7 nitrogen and oxygen atoms in total. The minimum absolute atomic E-state index is 0. The first-order valence-corrected chi connectivity index (χ1v) is 10.7. The van der Waals surface area contributed by atoms with Crippen molar-refractivity contribution in [3.8, 4) is 11.5 Å². The topological polar surface area (TPSA) is 61.4 Å². The van der Waals surface area contributed by atoms with Crippen LogP contribution < -0.4 is 20.1 Å². The molecule has 2 N–H and O–H groups in total. The monoisotopic (exact) mass is 531 g/mol. The zero-order valence-corrected chi connectivity index (χ0v) is 21.2. The molecule has 1 aromatic carbocycles. The average molecular weight is 531 g/mol. The maximum Gasteiger partial charge on any atom is 0.195 e. The zero-order chi connectivity index (χ0) is 20.7. The Morgan fingerprint density at radius 1 is 1.03 bits per heavy atom. The van der Waals surface area contributed by atoms with Crippen molar-refractivity contribution in [1.82, 2.24) is 15.1 Å². The van der Waals surface area contributed by atoms with Crippen molar-refractivity contribution in [3.63, 3.8) is 0 Å². The fourth-order valence-electron chi connectivity index (χ4n) is 4.49. The number of nitrogens with zero attached hydrogens (tertiary/aromatic N) is 3. The van der Waals surface area contributed by atoms with Crippen LogP contribution in [0.4, 0.5) is 5.69 Å². The standard InChI is InChI=1S/C22H37N5O2.HI/c1-23-21(25-18-8-9-19(28-3)20(16-18)29-4)24-17-22(10-14-26(2)15-11-22)27-12-6-5-7-13-27;/h8-9,16H,5-7,10-15,17H2,1-4H3,(H2,23,24,25);1H. The van der Waals surface area contributed by atoms with Crippen LogP contribution >= 0.6 is 24.0 Å². The van der Waals surface area contributed by atoms with E-state index in [1.54, 1.807) is 14.2 Å². The highest BCUT2D eigenvalue weighted by Gasteiger charge is 2.39. The minimum Gasteiger partial charge on any atom is -0.493 e. The number of likely N-dealkylation sites (tertiary alicyclic amines) is 2. The lowest BCUT2D eigenvalue weighted by Crippen LogP contribution is -2.61. The van der Waals surface area contributed by atoms with E-state index >= 15 is 0 Å². The lowest BCUT2D eigenvalue weighted by Gasteiger charge is -2.50. The fraction of sp³-hybridized carbons (Fsp3) is 0.682. The van der Waals surface area contributed by atoms with Crippen LogP contribution in [0.5, 0.6) is 11.5 Å². The number of rotatable bonds is 6. The van der Waals surface area contributed by atoms with Crippen molar-refractivity contribution in [1.29, 1.82) is 0 Å². The third-order valence-electron chi connectivity index (χ3n) is 6.40. The molecule has 0 bridgehead atoms. The van der Waals surface area contributed by atoms with Crippen molar-refractivity contribution >= 4 is 35.6 Å². The third-order valence-corrected chi connectivity index (χ3v) is 6.40. The summed E-state index contributed by atoms with van der Waals surface area (Å²) in [6.07, 6.45) is 6.39. The van der Waals surface area contributed by atoms with Gasteiger partial charge in [-0.15, -0.1) is 24.0 Å². The summed E-state index contributed by atoms with van der Waals surface area (Å²) in [5, 5.41) is 7.01. The third kappa shape index (κ3) is 6.13. The molecule has 30 heavy (non-hydrogen) atoms. The van der Waals surface area contributed by atoms with Gasteiger partial charge < -0.3 is 25.0 Å². The first-order valence-electron chi connectivity index (χ1n) is 10.7. The van der Waals surface area contributed by atoms with Crippen molar-refractivity contribution in [2.75, 3.05) is 66.4 Å². The highest BCUT2D eigenvalue weighted by molar-refractivity contribution is 14.0. The lowest BCUT2D eigenvalue weighted by atomic mass is 9.84. The Morgan fingerprint density at radius 2 is 1.70 bits per heavy atom. The molecule has 2 aliphatic heterocycles. The van der Waals surface area contributed by atoms with Crippen LogP contribution in [0.3, 0.4) is 0 Å². The number of anilines is 1. The Hall–Kier alpha value is -1.26. The van der Waals surface area contributed by atoms with Gasteiger partial charge in [-0.1, -0.05) is 6.42 Å². The van der Waals surface area contributed by atoms with Crippen LogP contribution in [-0.4, -0.2) is 82.3 Å². The van der Waals surface area contributed by atoms with E-state index in [0.29, 0.717) is 5.75 Å². The van der Waals surface area contributed by atoms with E-state index in [-0.39, 0.29) is 29.5 Å². The molecule has 0 spiro atoms. The highest BCUT2D eigenvalue weighted by atomic mass is 127. The second-order valence-electron chi connectivity index (χ2n) is 8.20. The summed E-state index contributed by atoms with van der Waals surface area (Å²) in [5.74, 6) is 2.21. The van der Waals surface area contributed by atoms with E-state index < -0.39 is 0 Å². The Morgan fingerprint density at radius 3 is 2.30 bits per heavy atom. The summed E-state index contributed by atoms with van der Waals surface area (Å²) in [4.78, 5) is 9.63. The van der Waals surface area contributed by atoms with Crippen LogP contribution in [0.25, 0.3) is 0 Å². The van der Waals surface area contributed by atoms with E-state index in [1.807, 2.05) is 25.2 Å². The van der Waals surface area contributed by atoms with E-state index in [0.717, 1.165) is 37.0 Å². The summed E-state index contributed by atoms with van der Waals surface area (Å²) in [5.41, 5.74) is 1.13. The normalized spacial score (nSPS) is 20.2. The number of aliphatic imine (C=N–C) groups is 1. The smallest absolute Gasteiger partial charge is 0.195 e. The molecule has 0 radical (unpaired) electrons. The van der Waals surface area contributed by atoms with Crippen molar-refractivity contribution in [2.45, 2.75) is 37.6 Å². The van der Waals surface area contributed by atoms with Crippen LogP contribution in [0, 0.1) is 0 Å². The SMILES string of the molecule is CN=C(NCC1(N2CCCCC2)CCN(C)CC1)Nc1ccc(OC)c(OC)c1.I. The van der Waals surface area contributed by atoms with E-state index in [4.69, 9.17) is 9.47 Å². The summed E-state index contributed by atoms with van der Waals surface area (Å²) in [6, 6.07) is 5.81. The molecule has 170 valence electrons. The maximum absolute atomic E-state index is 5.42. The summed E-state index contributed by atoms with van der Waals surface area (Å²) in [7, 11) is 7.34. The van der Waals surface area contributed by atoms with Gasteiger partial charge in [0.1, 0.15) is 0 Å². The van der Waals surface area contributed by atoms with Gasteiger partial charge in [0.15, 0.2) is 17.5 Å². The summed E-state index contributed by atoms with van der Waals surface area (Å²) >= 11 is 0. The molecule has 0 atom stereocenters. The number of guanidine groups is 1. The lowest BCUT2D eigenvalue weighted by molar-refractivity contribution is 0.0174. The van der Waals surface area contributed by atoms with Crippen LogP contribution in [0.1, 0.15) is 32.1 Å². The van der Waals surface area contributed by atoms with Crippen LogP contribution in [0.2, 0.25) is 0 Å². The molecular weight excluding hydrogens is 493 g/mol. The maximum atomic E-state index is 5.42. The number of hydrogen-bond donors (Lipinski definition) is 2. The second-order valence-corrected chi connectivity index (χ2v) is 8.20. The first-order chi connectivity index (χ1) is 14.1. The summed E-state index contributed by atoms with van der Waals surface area (Å²) < 4.78 is 10.7.